The third-order valence-corrected chi connectivity index (χ3v) is 4.63. The summed E-state index contributed by atoms with van der Waals surface area (Å²) < 4.78 is 6.33. The second-order valence-corrected chi connectivity index (χ2v) is 6.67. The minimum absolute atomic E-state index is 0.0784. The quantitative estimate of drug-likeness (QED) is 0.748. The second kappa shape index (κ2) is 7.82. The summed E-state index contributed by atoms with van der Waals surface area (Å²) >= 11 is 4.82. The van der Waals surface area contributed by atoms with Crippen molar-refractivity contribution in [3.05, 3.63) is 28.7 Å². The predicted octanol–water partition coefficient (Wildman–Crippen LogP) is 2.29. The summed E-state index contributed by atoms with van der Waals surface area (Å²) in [6.45, 7) is 0.365. The molecule has 0 radical (unpaired) electrons. The monoisotopic (exact) mass is 373 g/mol. The third kappa shape index (κ3) is 5.33. The standard InChI is InChI=1S/C14H16BrNO4S/c15-9-1-4-11(5-2-9)21-8-13(17)16-7-10-3-6-12(20-10)14(18)19/h1-2,4-5,10,12H,3,6-8H2,(H,16,17)(H,18,19). The number of ether oxygens (including phenoxy) is 1. The van der Waals surface area contributed by atoms with Crippen LogP contribution < -0.4 is 5.32 Å². The number of benzene rings is 1. The lowest BCUT2D eigenvalue weighted by molar-refractivity contribution is -0.149. The third-order valence-electron chi connectivity index (χ3n) is 3.09. The Bertz CT molecular complexity index is 508. The average Bonchev–Trinajstić information content (AvgIpc) is 2.93. The van der Waals surface area contributed by atoms with Crippen molar-refractivity contribution in [3.63, 3.8) is 0 Å². The molecule has 1 saturated heterocycles. The highest BCUT2D eigenvalue weighted by Gasteiger charge is 2.30. The average molecular weight is 374 g/mol. The van der Waals surface area contributed by atoms with Crippen LogP contribution in [0.25, 0.3) is 0 Å². The van der Waals surface area contributed by atoms with Crippen molar-refractivity contribution in [1.29, 1.82) is 0 Å². The second-order valence-electron chi connectivity index (χ2n) is 4.71. The zero-order chi connectivity index (χ0) is 15.2. The van der Waals surface area contributed by atoms with Gasteiger partial charge in [0.25, 0.3) is 0 Å². The molecular weight excluding hydrogens is 358 g/mol. The lowest BCUT2D eigenvalue weighted by Gasteiger charge is -2.12. The molecule has 2 N–H and O–H groups in total. The summed E-state index contributed by atoms with van der Waals surface area (Å²) in [5.41, 5.74) is 0. The molecule has 5 nitrogen and oxygen atoms in total. The van der Waals surface area contributed by atoms with E-state index in [2.05, 4.69) is 21.2 Å². The van der Waals surface area contributed by atoms with E-state index in [0.717, 1.165) is 9.37 Å². The number of carboxylic acid groups (broad SMARTS) is 1. The van der Waals surface area contributed by atoms with Gasteiger partial charge in [-0.15, -0.1) is 11.8 Å². The summed E-state index contributed by atoms with van der Waals surface area (Å²) in [6.07, 6.45) is 0.234. The topological polar surface area (TPSA) is 75.6 Å². The summed E-state index contributed by atoms with van der Waals surface area (Å²) in [7, 11) is 0. The van der Waals surface area contributed by atoms with Crippen molar-refractivity contribution in [2.75, 3.05) is 12.3 Å². The number of rotatable bonds is 6. The number of carboxylic acids is 1. The molecule has 0 saturated carbocycles. The molecule has 1 aliphatic heterocycles. The molecule has 114 valence electrons. The molecule has 2 atom stereocenters. The maximum Gasteiger partial charge on any atom is 0.332 e. The van der Waals surface area contributed by atoms with Gasteiger partial charge in [0.2, 0.25) is 5.91 Å². The van der Waals surface area contributed by atoms with Gasteiger partial charge < -0.3 is 15.2 Å². The minimum atomic E-state index is -0.936. The van der Waals surface area contributed by atoms with E-state index in [0.29, 0.717) is 25.1 Å². The molecule has 1 aromatic carbocycles. The van der Waals surface area contributed by atoms with Crippen molar-refractivity contribution < 1.29 is 19.4 Å². The SMILES string of the molecule is O=C(CSc1ccc(Br)cc1)NCC1CCC(C(=O)O)O1. The number of carbonyl (C=O) groups is 2. The molecule has 1 fully saturated rings. The molecular formula is C14H16BrNO4S. The van der Waals surface area contributed by atoms with Gasteiger partial charge in [-0.25, -0.2) is 4.79 Å². The van der Waals surface area contributed by atoms with E-state index in [4.69, 9.17) is 9.84 Å². The minimum Gasteiger partial charge on any atom is -0.479 e. The lowest BCUT2D eigenvalue weighted by Crippen LogP contribution is -2.34. The van der Waals surface area contributed by atoms with Gasteiger partial charge in [0.05, 0.1) is 11.9 Å². The summed E-state index contributed by atoms with van der Waals surface area (Å²) in [5.74, 6) is -0.684. The molecule has 1 aliphatic rings. The van der Waals surface area contributed by atoms with E-state index in [1.165, 1.54) is 11.8 Å². The van der Waals surface area contributed by atoms with Crippen LogP contribution in [0, 0.1) is 0 Å². The van der Waals surface area contributed by atoms with Crippen LogP contribution in [0.4, 0.5) is 0 Å². The zero-order valence-electron chi connectivity index (χ0n) is 11.3. The van der Waals surface area contributed by atoms with Gasteiger partial charge in [0, 0.05) is 15.9 Å². The highest BCUT2D eigenvalue weighted by Crippen LogP contribution is 2.21. The first kappa shape index (κ1) is 16.3. The summed E-state index contributed by atoms with van der Waals surface area (Å²) in [6, 6.07) is 7.75. The Morgan fingerprint density at radius 3 is 2.67 bits per heavy atom. The summed E-state index contributed by atoms with van der Waals surface area (Å²) in [4.78, 5) is 23.5. The molecule has 1 heterocycles. The molecule has 1 aromatic rings. The summed E-state index contributed by atoms with van der Waals surface area (Å²) in [5, 5.41) is 11.6. The number of hydrogen-bond donors (Lipinski definition) is 2. The van der Waals surface area contributed by atoms with E-state index in [-0.39, 0.29) is 12.0 Å². The Hall–Kier alpha value is -1.05. The number of amides is 1. The van der Waals surface area contributed by atoms with E-state index in [1.54, 1.807) is 0 Å². The van der Waals surface area contributed by atoms with Crippen LogP contribution in [0.5, 0.6) is 0 Å². The largest absolute Gasteiger partial charge is 0.479 e. The Balaban J connectivity index is 1.66. The van der Waals surface area contributed by atoms with Crippen LogP contribution in [0.3, 0.4) is 0 Å². The normalized spacial score (nSPS) is 21.2. The maximum atomic E-state index is 11.7. The van der Waals surface area contributed by atoms with Gasteiger partial charge in [-0.3, -0.25) is 4.79 Å². The van der Waals surface area contributed by atoms with E-state index < -0.39 is 12.1 Å². The molecule has 0 bridgehead atoms. The van der Waals surface area contributed by atoms with Crippen LogP contribution in [-0.4, -0.2) is 41.5 Å². The molecule has 0 aliphatic carbocycles. The van der Waals surface area contributed by atoms with Crippen molar-refractivity contribution in [3.8, 4) is 0 Å². The Kier molecular flexibility index (Phi) is 6.08. The Morgan fingerprint density at radius 2 is 2.05 bits per heavy atom. The van der Waals surface area contributed by atoms with Gasteiger partial charge in [0.1, 0.15) is 0 Å². The fourth-order valence-electron chi connectivity index (χ4n) is 2.00. The Morgan fingerprint density at radius 1 is 1.33 bits per heavy atom. The lowest BCUT2D eigenvalue weighted by atomic mass is 10.2. The van der Waals surface area contributed by atoms with E-state index in [1.807, 2.05) is 24.3 Å². The van der Waals surface area contributed by atoms with Crippen molar-refractivity contribution >= 4 is 39.6 Å². The highest BCUT2D eigenvalue weighted by atomic mass is 79.9. The smallest absolute Gasteiger partial charge is 0.332 e. The van der Waals surface area contributed by atoms with E-state index >= 15 is 0 Å². The molecule has 7 heteroatoms. The first-order valence-electron chi connectivity index (χ1n) is 6.58. The van der Waals surface area contributed by atoms with Crippen LogP contribution >= 0.6 is 27.7 Å². The predicted molar refractivity (Wildman–Crippen MR) is 83.4 cm³/mol. The van der Waals surface area contributed by atoms with Gasteiger partial charge >= 0.3 is 5.97 Å². The van der Waals surface area contributed by atoms with Crippen LogP contribution in [0.2, 0.25) is 0 Å². The fraction of sp³-hybridized carbons (Fsp3) is 0.429. The van der Waals surface area contributed by atoms with Crippen LogP contribution in [0.15, 0.2) is 33.6 Å². The van der Waals surface area contributed by atoms with Crippen LogP contribution in [0.1, 0.15) is 12.8 Å². The first-order chi connectivity index (χ1) is 10.0. The molecule has 1 amide bonds. The number of aliphatic carboxylic acids is 1. The Labute approximate surface area is 135 Å². The van der Waals surface area contributed by atoms with Gasteiger partial charge in [-0.1, -0.05) is 15.9 Å². The fourth-order valence-corrected chi connectivity index (χ4v) is 2.99. The highest BCUT2D eigenvalue weighted by molar-refractivity contribution is 9.10. The molecule has 0 spiro atoms. The first-order valence-corrected chi connectivity index (χ1v) is 8.36. The number of thioether (sulfide) groups is 1. The number of carbonyl (C=O) groups excluding carboxylic acids is 1. The molecule has 2 rings (SSSR count). The van der Waals surface area contributed by atoms with Crippen molar-refractivity contribution in [1.82, 2.24) is 5.32 Å². The molecule has 2 unspecified atom stereocenters. The van der Waals surface area contributed by atoms with Gasteiger partial charge in [-0.05, 0) is 37.1 Å². The molecule has 21 heavy (non-hydrogen) atoms. The number of hydrogen-bond acceptors (Lipinski definition) is 4. The van der Waals surface area contributed by atoms with Gasteiger partial charge in [0.15, 0.2) is 6.10 Å². The van der Waals surface area contributed by atoms with Crippen molar-refractivity contribution in [2.45, 2.75) is 29.9 Å². The van der Waals surface area contributed by atoms with E-state index in [9.17, 15) is 9.59 Å². The van der Waals surface area contributed by atoms with Gasteiger partial charge in [-0.2, -0.15) is 0 Å². The molecule has 0 aromatic heterocycles. The number of nitrogens with one attached hydrogen (secondary N) is 1. The number of halogens is 1. The van der Waals surface area contributed by atoms with Crippen LogP contribution in [-0.2, 0) is 14.3 Å². The maximum absolute atomic E-state index is 11.7. The zero-order valence-corrected chi connectivity index (χ0v) is 13.7. The van der Waals surface area contributed by atoms with Crippen molar-refractivity contribution in [2.24, 2.45) is 0 Å².